The predicted molar refractivity (Wildman–Crippen MR) is 123 cm³/mol. The van der Waals surface area contributed by atoms with Gasteiger partial charge in [0.05, 0.1) is 18.3 Å². The minimum absolute atomic E-state index is 0.0108. The van der Waals surface area contributed by atoms with Crippen molar-refractivity contribution in [2.75, 3.05) is 26.2 Å². The Bertz CT molecular complexity index is 993. The van der Waals surface area contributed by atoms with Crippen LogP contribution in [0, 0.1) is 0 Å². The third-order valence-electron chi connectivity index (χ3n) is 6.87. The van der Waals surface area contributed by atoms with Crippen molar-refractivity contribution in [1.29, 1.82) is 0 Å². The van der Waals surface area contributed by atoms with E-state index in [0.29, 0.717) is 50.8 Å². The molecule has 1 saturated carbocycles. The van der Waals surface area contributed by atoms with Crippen molar-refractivity contribution in [2.45, 2.75) is 69.5 Å². The summed E-state index contributed by atoms with van der Waals surface area (Å²) < 4.78 is 45.3. The summed E-state index contributed by atoms with van der Waals surface area (Å²) in [6.45, 7) is 1.55. The van der Waals surface area contributed by atoms with Gasteiger partial charge in [-0.05, 0) is 44.1 Å². The maximum atomic E-state index is 15.5. The molecule has 0 bridgehead atoms. The molecule has 1 amide bonds. The van der Waals surface area contributed by atoms with Crippen LogP contribution in [-0.4, -0.2) is 75.2 Å². The monoisotopic (exact) mass is 494 g/mol. The second-order valence-corrected chi connectivity index (χ2v) is 9.54. The molecule has 0 saturated heterocycles. The summed E-state index contributed by atoms with van der Waals surface area (Å²) in [4.78, 5) is 20.3. The maximum Gasteiger partial charge on any atom is 0.272 e. The largest absolute Gasteiger partial charge is 0.472 e. The molecule has 2 aromatic heterocycles. The summed E-state index contributed by atoms with van der Waals surface area (Å²) in [5.74, 6) is 0.114. The summed E-state index contributed by atoms with van der Waals surface area (Å²) in [5, 5.41) is 11.1. The van der Waals surface area contributed by atoms with Gasteiger partial charge in [0.25, 0.3) is 6.43 Å². The van der Waals surface area contributed by atoms with E-state index in [1.165, 1.54) is 4.80 Å². The fourth-order valence-corrected chi connectivity index (χ4v) is 4.86. The van der Waals surface area contributed by atoms with E-state index in [-0.39, 0.29) is 24.2 Å². The van der Waals surface area contributed by atoms with Gasteiger partial charge in [0, 0.05) is 50.9 Å². The molecule has 1 fully saturated rings. The van der Waals surface area contributed by atoms with Gasteiger partial charge < -0.3 is 15.0 Å². The molecule has 1 aliphatic carbocycles. The molecule has 192 valence electrons. The van der Waals surface area contributed by atoms with E-state index in [1.807, 2.05) is 6.07 Å². The van der Waals surface area contributed by atoms with E-state index in [4.69, 9.17) is 4.74 Å². The number of ether oxygens (including phenoxy) is 1. The maximum absolute atomic E-state index is 15.5. The van der Waals surface area contributed by atoms with Crippen LogP contribution in [0.15, 0.2) is 18.3 Å². The minimum Gasteiger partial charge on any atom is -0.472 e. The average Bonchev–Trinajstić information content (AvgIpc) is 3.12. The Balaban J connectivity index is 1.19. The van der Waals surface area contributed by atoms with Crippen LogP contribution in [-0.2, 0) is 31.1 Å². The Labute approximate surface area is 203 Å². The van der Waals surface area contributed by atoms with Crippen molar-refractivity contribution in [3.05, 3.63) is 35.3 Å². The quantitative estimate of drug-likeness (QED) is 0.577. The highest BCUT2D eigenvalue weighted by Crippen LogP contribution is 2.35. The zero-order valence-corrected chi connectivity index (χ0v) is 20.1. The van der Waals surface area contributed by atoms with Crippen LogP contribution in [0.25, 0.3) is 0 Å². The van der Waals surface area contributed by atoms with Gasteiger partial charge in [-0.15, -0.1) is 0 Å². The fraction of sp³-hybridized carbons (Fsp3) is 0.667. The number of carbonyl (C=O) groups excluding carboxylic acids is 1. The normalized spacial score (nSPS) is 23.1. The van der Waals surface area contributed by atoms with Gasteiger partial charge >= 0.3 is 0 Å². The van der Waals surface area contributed by atoms with Crippen molar-refractivity contribution in [3.8, 4) is 5.88 Å². The first-order valence-corrected chi connectivity index (χ1v) is 12.2. The Morgan fingerprint density at radius 2 is 2.03 bits per heavy atom. The highest BCUT2D eigenvalue weighted by molar-refractivity contribution is 5.78. The van der Waals surface area contributed by atoms with Crippen LogP contribution in [0.4, 0.5) is 13.2 Å². The molecule has 1 aliphatic heterocycles. The van der Waals surface area contributed by atoms with E-state index in [0.717, 1.165) is 30.8 Å². The lowest BCUT2D eigenvalue weighted by atomic mass is 9.81. The third-order valence-corrected chi connectivity index (χ3v) is 6.87. The second-order valence-electron chi connectivity index (χ2n) is 9.54. The number of pyridine rings is 1. The zero-order chi connectivity index (χ0) is 24.8. The molecule has 0 unspecified atom stereocenters. The van der Waals surface area contributed by atoms with Crippen molar-refractivity contribution >= 4 is 5.91 Å². The lowest BCUT2D eigenvalue weighted by Gasteiger charge is -2.35. The number of hydrogen-bond acceptors (Lipinski definition) is 6. The topological polar surface area (TPSA) is 85.2 Å². The standard InChI is InChI=1S/C24H33F3N6O2/c1-32-28-15-19(31-32)14-22(34)29-18-4-8-24(27,9-5-18)10-13-33-11-6-17-2-3-23(35-16-21(25)26)30-20(17)7-12-33/h2-3,15,18,21H,4-14,16H2,1H3,(H,29,34). The van der Waals surface area contributed by atoms with Crippen LogP contribution in [0.5, 0.6) is 5.88 Å². The zero-order valence-electron chi connectivity index (χ0n) is 20.1. The van der Waals surface area contributed by atoms with E-state index >= 15 is 4.39 Å². The summed E-state index contributed by atoms with van der Waals surface area (Å²) >= 11 is 0. The number of nitrogens with zero attached hydrogens (tertiary/aromatic N) is 5. The number of rotatable bonds is 9. The Kier molecular flexibility index (Phi) is 8.25. The molecule has 3 heterocycles. The second kappa shape index (κ2) is 11.4. The van der Waals surface area contributed by atoms with Gasteiger partial charge in [-0.1, -0.05) is 6.07 Å². The van der Waals surface area contributed by atoms with Gasteiger partial charge in [0.15, 0.2) is 6.61 Å². The first-order valence-electron chi connectivity index (χ1n) is 12.2. The first kappa shape index (κ1) is 25.4. The molecule has 2 aromatic rings. The number of amides is 1. The highest BCUT2D eigenvalue weighted by Gasteiger charge is 2.36. The number of aryl methyl sites for hydroxylation is 1. The van der Waals surface area contributed by atoms with Crippen molar-refractivity contribution < 1.29 is 22.7 Å². The van der Waals surface area contributed by atoms with Gasteiger partial charge in [-0.2, -0.15) is 15.0 Å². The lowest BCUT2D eigenvalue weighted by Crippen LogP contribution is -2.43. The molecule has 0 spiro atoms. The predicted octanol–water partition coefficient (Wildman–Crippen LogP) is 2.65. The Morgan fingerprint density at radius 3 is 2.74 bits per heavy atom. The number of aromatic nitrogens is 4. The van der Waals surface area contributed by atoms with Crippen molar-refractivity contribution in [2.24, 2.45) is 7.05 Å². The molecule has 35 heavy (non-hydrogen) atoms. The number of alkyl halides is 3. The van der Waals surface area contributed by atoms with Crippen LogP contribution in [0.2, 0.25) is 0 Å². The molecule has 4 rings (SSSR count). The molecule has 0 aromatic carbocycles. The number of nitrogens with one attached hydrogen (secondary N) is 1. The SMILES string of the molecule is Cn1ncc(CC(=O)NC2CCC(F)(CCN3CCc4ccc(OCC(F)F)nc4CC3)CC2)n1. The third kappa shape index (κ3) is 7.39. The molecule has 0 radical (unpaired) electrons. The minimum atomic E-state index is -2.53. The molecular formula is C24H33F3N6O2. The van der Waals surface area contributed by atoms with Gasteiger partial charge in [-0.3, -0.25) is 4.79 Å². The number of fused-ring (bicyclic) bond motifs is 1. The smallest absolute Gasteiger partial charge is 0.272 e. The molecule has 2 aliphatic rings. The van der Waals surface area contributed by atoms with Crippen LogP contribution in [0.1, 0.15) is 49.1 Å². The van der Waals surface area contributed by atoms with E-state index in [9.17, 15) is 13.6 Å². The highest BCUT2D eigenvalue weighted by atomic mass is 19.3. The van der Waals surface area contributed by atoms with Crippen LogP contribution >= 0.6 is 0 Å². The number of hydrogen-bond donors (Lipinski definition) is 1. The van der Waals surface area contributed by atoms with Crippen molar-refractivity contribution in [3.63, 3.8) is 0 Å². The van der Waals surface area contributed by atoms with E-state index < -0.39 is 18.7 Å². The summed E-state index contributed by atoms with van der Waals surface area (Å²) in [5.41, 5.74) is 1.35. The summed E-state index contributed by atoms with van der Waals surface area (Å²) in [6, 6.07) is 3.52. The molecule has 1 N–H and O–H groups in total. The van der Waals surface area contributed by atoms with E-state index in [2.05, 4.69) is 25.4 Å². The van der Waals surface area contributed by atoms with Crippen LogP contribution in [0.3, 0.4) is 0 Å². The fourth-order valence-electron chi connectivity index (χ4n) is 4.86. The van der Waals surface area contributed by atoms with Crippen LogP contribution < -0.4 is 10.1 Å². The van der Waals surface area contributed by atoms with Gasteiger partial charge in [0.2, 0.25) is 11.8 Å². The molecule has 0 atom stereocenters. The lowest BCUT2D eigenvalue weighted by molar-refractivity contribution is -0.121. The summed E-state index contributed by atoms with van der Waals surface area (Å²) in [7, 11) is 1.70. The van der Waals surface area contributed by atoms with Crippen molar-refractivity contribution in [1.82, 2.24) is 30.2 Å². The van der Waals surface area contributed by atoms with Gasteiger partial charge in [-0.25, -0.2) is 18.2 Å². The molecular weight excluding hydrogens is 461 g/mol. The number of carbonyl (C=O) groups is 1. The first-order chi connectivity index (χ1) is 16.8. The average molecular weight is 495 g/mol. The summed E-state index contributed by atoms with van der Waals surface area (Å²) in [6.07, 6.45) is 3.26. The molecule has 11 heteroatoms. The molecule has 8 nitrogen and oxygen atoms in total. The van der Waals surface area contributed by atoms with E-state index in [1.54, 1.807) is 19.3 Å². The number of halogens is 3. The Hall–Kier alpha value is -2.69. The Morgan fingerprint density at radius 1 is 1.26 bits per heavy atom. The van der Waals surface area contributed by atoms with Gasteiger partial charge in [0.1, 0.15) is 5.67 Å².